The van der Waals surface area contributed by atoms with E-state index in [4.69, 9.17) is 11.6 Å². The van der Waals surface area contributed by atoms with Gasteiger partial charge >= 0.3 is 0 Å². The van der Waals surface area contributed by atoms with E-state index in [2.05, 4.69) is 9.17 Å². The third-order valence-corrected chi connectivity index (χ3v) is 2.30. The zero-order valence-electron chi connectivity index (χ0n) is 7.20. The zero-order chi connectivity index (χ0) is 10.8. The molecule has 7 heteroatoms. The topological polar surface area (TPSA) is 56.3 Å². The second-order valence-electron chi connectivity index (χ2n) is 2.54. The Morgan fingerprint density at radius 3 is 2.86 bits per heavy atom. The lowest BCUT2D eigenvalue weighted by Crippen LogP contribution is -2.03. The highest BCUT2D eigenvalue weighted by Gasteiger charge is 2.09. The first-order valence-corrected chi connectivity index (χ1v) is 5.73. The summed E-state index contributed by atoms with van der Waals surface area (Å²) in [7, 11) is -3.55. The average Bonchev–Trinajstić information content (AvgIpc) is 2.06. The number of rotatable bonds is 3. The Balaban J connectivity index is 2.83. The minimum atomic E-state index is -3.55. The first-order chi connectivity index (χ1) is 6.40. The summed E-state index contributed by atoms with van der Waals surface area (Å²) < 4.78 is 38.4. The number of hydrogen-bond acceptors (Lipinski definition) is 4. The molecule has 0 radical (unpaired) electrons. The van der Waals surface area contributed by atoms with Crippen LogP contribution in [-0.2, 0) is 20.9 Å². The first-order valence-electron chi connectivity index (χ1n) is 3.53. The Kier molecular flexibility index (Phi) is 3.41. The van der Waals surface area contributed by atoms with Crippen LogP contribution in [0.15, 0.2) is 12.3 Å². The molecule has 1 heterocycles. The van der Waals surface area contributed by atoms with Crippen LogP contribution in [0.4, 0.5) is 4.39 Å². The van der Waals surface area contributed by atoms with Crippen LogP contribution in [0.3, 0.4) is 0 Å². The molecule has 0 saturated heterocycles. The molecule has 0 fully saturated rings. The molecule has 0 aliphatic rings. The lowest BCUT2D eigenvalue weighted by atomic mass is 10.3. The largest absolute Gasteiger partial charge is 0.265 e. The van der Waals surface area contributed by atoms with Gasteiger partial charge in [0.15, 0.2) is 0 Å². The van der Waals surface area contributed by atoms with E-state index in [0.29, 0.717) is 0 Å². The predicted octanol–water partition coefficient (Wildman–Crippen LogP) is 1.35. The standard InChI is InChI=1S/C7H7ClFNO3S/c1-14(11,12)13-4-5-2-3-10-7(9)6(5)8/h2-3H,4H2,1H3. The normalized spacial score (nSPS) is 11.6. The van der Waals surface area contributed by atoms with Crippen LogP contribution in [0.25, 0.3) is 0 Å². The van der Waals surface area contributed by atoms with Crippen molar-refractivity contribution in [3.05, 3.63) is 28.8 Å². The van der Waals surface area contributed by atoms with Gasteiger partial charge < -0.3 is 0 Å². The van der Waals surface area contributed by atoms with E-state index in [1.54, 1.807) is 0 Å². The maximum Gasteiger partial charge on any atom is 0.264 e. The fourth-order valence-electron chi connectivity index (χ4n) is 0.737. The highest BCUT2D eigenvalue weighted by Crippen LogP contribution is 2.18. The zero-order valence-corrected chi connectivity index (χ0v) is 8.77. The van der Waals surface area contributed by atoms with E-state index in [0.717, 1.165) is 6.26 Å². The van der Waals surface area contributed by atoms with Gasteiger partial charge in [0.25, 0.3) is 10.1 Å². The van der Waals surface area contributed by atoms with Gasteiger partial charge in [-0.2, -0.15) is 12.8 Å². The second kappa shape index (κ2) is 4.20. The van der Waals surface area contributed by atoms with Crippen molar-refractivity contribution >= 4 is 21.7 Å². The summed E-state index contributed by atoms with van der Waals surface area (Å²) in [6, 6.07) is 1.39. The molecule has 1 rings (SSSR count). The van der Waals surface area contributed by atoms with Gasteiger partial charge in [0.1, 0.15) is 5.02 Å². The number of hydrogen-bond donors (Lipinski definition) is 0. The molecule has 1 aromatic rings. The van der Waals surface area contributed by atoms with Crippen molar-refractivity contribution in [2.45, 2.75) is 6.61 Å². The number of pyridine rings is 1. The molecule has 0 bridgehead atoms. The van der Waals surface area contributed by atoms with Gasteiger partial charge in [0.05, 0.1) is 12.9 Å². The molecule has 0 aliphatic heterocycles. The molecule has 0 atom stereocenters. The molecule has 0 N–H and O–H groups in total. The van der Waals surface area contributed by atoms with Crippen molar-refractivity contribution in [2.75, 3.05) is 6.26 Å². The molecule has 4 nitrogen and oxygen atoms in total. The Morgan fingerprint density at radius 2 is 2.29 bits per heavy atom. The van der Waals surface area contributed by atoms with Crippen LogP contribution in [0.5, 0.6) is 0 Å². The molecule has 0 aliphatic carbocycles. The Hall–Kier alpha value is -0.720. The van der Waals surface area contributed by atoms with Gasteiger partial charge in [-0.15, -0.1) is 0 Å². The van der Waals surface area contributed by atoms with Crippen molar-refractivity contribution in [3.63, 3.8) is 0 Å². The number of halogens is 2. The predicted molar refractivity (Wildman–Crippen MR) is 48.8 cm³/mol. The maximum absolute atomic E-state index is 12.8. The Labute approximate surface area is 85.8 Å². The summed E-state index contributed by atoms with van der Waals surface area (Å²) in [4.78, 5) is 3.28. The molecule has 0 aromatic carbocycles. The van der Waals surface area contributed by atoms with Crippen molar-refractivity contribution < 1.29 is 17.0 Å². The maximum atomic E-state index is 12.8. The highest BCUT2D eigenvalue weighted by molar-refractivity contribution is 7.85. The minimum Gasteiger partial charge on any atom is -0.265 e. The van der Waals surface area contributed by atoms with Crippen LogP contribution >= 0.6 is 11.6 Å². The van der Waals surface area contributed by atoms with Crippen molar-refractivity contribution in [2.24, 2.45) is 0 Å². The van der Waals surface area contributed by atoms with E-state index in [9.17, 15) is 12.8 Å². The Bertz CT molecular complexity index is 435. The SMILES string of the molecule is CS(=O)(=O)OCc1ccnc(F)c1Cl. The summed E-state index contributed by atoms with van der Waals surface area (Å²) in [6.07, 6.45) is 2.08. The summed E-state index contributed by atoms with van der Waals surface area (Å²) in [5.74, 6) is -0.846. The van der Waals surface area contributed by atoms with E-state index in [-0.39, 0.29) is 17.2 Å². The van der Waals surface area contributed by atoms with E-state index < -0.39 is 16.1 Å². The molecular weight excluding hydrogens is 233 g/mol. The molecule has 0 amide bonds. The lowest BCUT2D eigenvalue weighted by molar-refractivity contribution is 0.311. The van der Waals surface area contributed by atoms with Crippen LogP contribution in [0.2, 0.25) is 5.02 Å². The van der Waals surface area contributed by atoms with Crippen molar-refractivity contribution in [1.82, 2.24) is 4.98 Å². The van der Waals surface area contributed by atoms with Gasteiger partial charge in [-0.3, -0.25) is 4.18 Å². The summed E-state index contributed by atoms with van der Waals surface area (Å²) in [6.45, 7) is -0.295. The average molecular weight is 240 g/mol. The van der Waals surface area contributed by atoms with Gasteiger partial charge in [-0.1, -0.05) is 11.6 Å². The van der Waals surface area contributed by atoms with Gasteiger partial charge in [0.2, 0.25) is 5.95 Å². The van der Waals surface area contributed by atoms with Gasteiger partial charge in [-0.25, -0.2) is 4.98 Å². The quantitative estimate of drug-likeness (QED) is 0.590. The molecular formula is C7H7ClFNO3S. The number of nitrogens with zero attached hydrogens (tertiary/aromatic N) is 1. The molecule has 0 spiro atoms. The number of aromatic nitrogens is 1. The second-order valence-corrected chi connectivity index (χ2v) is 4.56. The minimum absolute atomic E-state index is 0.226. The van der Waals surface area contributed by atoms with Crippen molar-refractivity contribution in [1.29, 1.82) is 0 Å². The third kappa shape index (κ3) is 3.21. The molecule has 1 aromatic heterocycles. The van der Waals surface area contributed by atoms with Crippen molar-refractivity contribution in [3.8, 4) is 0 Å². The monoisotopic (exact) mass is 239 g/mol. The Morgan fingerprint density at radius 1 is 1.64 bits per heavy atom. The van der Waals surface area contributed by atoms with Crippen LogP contribution in [0, 0.1) is 5.95 Å². The molecule has 0 unspecified atom stereocenters. The van der Waals surface area contributed by atoms with Crippen LogP contribution in [-0.4, -0.2) is 19.7 Å². The molecule has 0 saturated carbocycles. The van der Waals surface area contributed by atoms with E-state index in [1.807, 2.05) is 0 Å². The molecule has 78 valence electrons. The van der Waals surface area contributed by atoms with E-state index in [1.165, 1.54) is 12.3 Å². The first kappa shape index (κ1) is 11.4. The van der Waals surface area contributed by atoms with Gasteiger partial charge in [0, 0.05) is 11.8 Å². The fraction of sp³-hybridized carbons (Fsp3) is 0.286. The summed E-state index contributed by atoms with van der Waals surface area (Å²) >= 11 is 5.51. The van der Waals surface area contributed by atoms with E-state index >= 15 is 0 Å². The smallest absolute Gasteiger partial charge is 0.264 e. The highest BCUT2D eigenvalue weighted by atomic mass is 35.5. The molecule has 14 heavy (non-hydrogen) atoms. The van der Waals surface area contributed by atoms with Gasteiger partial charge in [-0.05, 0) is 6.07 Å². The fourth-order valence-corrected chi connectivity index (χ4v) is 1.24. The summed E-state index contributed by atoms with van der Waals surface area (Å²) in [5.41, 5.74) is 0.240. The van der Waals surface area contributed by atoms with Crippen LogP contribution in [0.1, 0.15) is 5.56 Å². The lowest BCUT2D eigenvalue weighted by Gasteiger charge is -2.03. The summed E-state index contributed by atoms with van der Waals surface area (Å²) in [5, 5.41) is -0.226. The van der Waals surface area contributed by atoms with Crippen LogP contribution < -0.4 is 0 Å². The third-order valence-electron chi connectivity index (χ3n) is 1.36.